The topological polar surface area (TPSA) is 42.0 Å². The van der Waals surface area contributed by atoms with E-state index in [1.54, 1.807) is 17.5 Å². The lowest BCUT2D eigenvalue weighted by Crippen LogP contribution is -2.11. The molecular formula is C16H8BrClF2N2OS. The summed E-state index contributed by atoms with van der Waals surface area (Å²) in [6.45, 7) is 0. The highest BCUT2D eigenvalue weighted by atomic mass is 79.9. The first-order valence-electron chi connectivity index (χ1n) is 6.61. The largest absolute Gasteiger partial charge is 0.298 e. The summed E-state index contributed by atoms with van der Waals surface area (Å²) in [5, 5.41) is 5.07. The molecule has 0 unspecified atom stereocenters. The molecule has 0 aliphatic heterocycles. The van der Waals surface area contributed by atoms with Crippen molar-refractivity contribution in [3.63, 3.8) is 0 Å². The summed E-state index contributed by atoms with van der Waals surface area (Å²) >= 11 is 10.4. The minimum atomic E-state index is -0.949. The van der Waals surface area contributed by atoms with Gasteiger partial charge < -0.3 is 0 Å². The van der Waals surface area contributed by atoms with E-state index in [1.807, 2.05) is 0 Å². The highest BCUT2D eigenvalue weighted by molar-refractivity contribution is 9.10. The molecule has 122 valence electrons. The van der Waals surface area contributed by atoms with Crippen LogP contribution in [0.5, 0.6) is 0 Å². The summed E-state index contributed by atoms with van der Waals surface area (Å²) in [5.74, 6) is -2.24. The van der Waals surface area contributed by atoms with Crippen LogP contribution in [0.1, 0.15) is 10.4 Å². The second kappa shape index (κ2) is 6.96. The maximum Gasteiger partial charge on any atom is 0.257 e. The molecule has 0 fully saturated rings. The van der Waals surface area contributed by atoms with Gasteiger partial charge in [0.2, 0.25) is 0 Å². The number of anilines is 1. The van der Waals surface area contributed by atoms with Crippen molar-refractivity contribution in [2.45, 2.75) is 0 Å². The molecule has 1 N–H and O–H groups in total. The van der Waals surface area contributed by atoms with Crippen molar-refractivity contribution in [2.75, 3.05) is 5.32 Å². The summed E-state index contributed by atoms with van der Waals surface area (Å²) in [7, 11) is 0. The number of nitrogens with zero attached hydrogens (tertiary/aromatic N) is 1. The molecule has 3 aromatic rings. The fourth-order valence-electron chi connectivity index (χ4n) is 1.97. The smallest absolute Gasteiger partial charge is 0.257 e. The molecule has 1 aromatic heterocycles. The maximum atomic E-state index is 13.3. The second-order valence-electron chi connectivity index (χ2n) is 4.78. The van der Waals surface area contributed by atoms with Gasteiger partial charge in [-0.1, -0.05) is 27.5 Å². The monoisotopic (exact) mass is 428 g/mol. The lowest BCUT2D eigenvalue weighted by molar-refractivity contribution is 0.102. The third-order valence-electron chi connectivity index (χ3n) is 3.06. The van der Waals surface area contributed by atoms with E-state index in [2.05, 4.69) is 26.2 Å². The van der Waals surface area contributed by atoms with Crippen LogP contribution in [0.2, 0.25) is 5.02 Å². The molecule has 0 bridgehead atoms. The van der Waals surface area contributed by atoms with Gasteiger partial charge in [0.15, 0.2) is 16.8 Å². The molecule has 0 aliphatic rings. The fraction of sp³-hybridized carbons (Fsp3) is 0. The zero-order valence-corrected chi connectivity index (χ0v) is 15.0. The van der Waals surface area contributed by atoms with Crippen molar-refractivity contribution < 1.29 is 13.6 Å². The Morgan fingerprint density at radius 3 is 2.67 bits per heavy atom. The van der Waals surface area contributed by atoms with E-state index in [4.69, 9.17) is 11.6 Å². The Kier molecular flexibility index (Phi) is 4.93. The first kappa shape index (κ1) is 17.0. The minimum absolute atomic E-state index is 0.343. The molecule has 0 aliphatic carbocycles. The Labute approximate surface area is 153 Å². The van der Waals surface area contributed by atoms with Crippen molar-refractivity contribution in [1.82, 2.24) is 4.98 Å². The van der Waals surface area contributed by atoms with Crippen LogP contribution in [0.25, 0.3) is 11.3 Å². The summed E-state index contributed by atoms with van der Waals surface area (Å²) in [6, 6.07) is 8.35. The van der Waals surface area contributed by atoms with Gasteiger partial charge in [0.1, 0.15) is 0 Å². The number of thiazole rings is 1. The normalized spacial score (nSPS) is 10.7. The molecule has 24 heavy (non-hydrogen) atoms. The van der Waals surface area contributed by atoms with Gasteiger partial charge in [-0.25, -0.2) is 13.8 Å². The van der Waals surface area contributed by atoms with Gasteiger partial charge in [-0.15, -0.1) is 11.3 Å². The third kappa shape index (κ3) is 3.80. The van der Waals surface area contributed by atoms with Crippen molar-refractivity contribution >= 4 is 49.9 Å². The van der Waals surface area contributed by atoms with Gasteiger partial charge in [0.25, 0.3) is 5.91 Å². The number of hydrogen-bond donors (Lipinski definition) is 1. The molecule has 0 saturated heterocycles. The molecule has 0 spiro atoms. The van der Waals surface area contributed by atoms with E-state index in [1.165, 1.54) is 23.5 Å². The molecule has 0 atom stereocenters. The molecule has 2 aromatic carbocycles. The summed E-state index contributed by atoms with van der Waals surface area (Å²) < 4.78 is 27.0. The zero-order valence-electron chi connectivity index (χ0n) is 11.8. The van der Waals surface area contributed by atoms with Crippen molar-refractivity contribution in [1.29, 1.82) is 0 Å². The molecule has 0 saturated carbocycles. The molecule has 1 heterocycles. The van der Waals surface area contributed by atoms with E-state index in [-0.39, 0.29) is 5.91 Å². The van der Waals surface area contributed by atoms with Gasteiger partial charge in [-0.05, 0) is 36.4 Å². The number of aromatic nitrogens is 1. The van der Waals surface area contributed by atoms with Crippen LogP contribution in [0.4, 0.5) is 13.9 Å². The van der Waals surface area contributed by atoms with E-state index in [9.17, 15) is 13.6 Å². The third-order valence-corrected chi connectivity index (χ3v) is 4.50. The molecule has 1 amide bonds. The number of nitrogens with one attached hydrogen (secondary N) is 1. The maximum absolute atomic E-state index is 13.3. The average molecular weight is 430 g/mol. The average Bonchev–Trinajstić information content (AvgIpc) is 2.97. The van der Waals surface area contributed by atoms with Crippen LogP contribution >= 0.6 is 38.9 Å². The van der Waals surface area contributed by atoms with Crippen LogP contribution in [0, 0.1) is 11.6 Å². The molecule has 0 radical (unpaired) electrons. The van der Waals surface area contributed by atoms with E-state index in [0.717, 1.165) is 12.1 Å². The molecule has 3 nitrogen and oxygen atoms in total. The van der Waals surface area contributed by atoms with Crippen LogP contribution in [-0.2, 0) is 0 Å². The quantitative estimate of drug-likeness (QED) is 0.575. The first-order chi connectivity index (χ1) is 11.4. The van der Waals surface area contributed by atoms with Crippen LogP contribution in [0.15, 0.2) is 46.3 Å². The van der Waals surface area contributed by atoms with Crippen molar-refractivity contribution in [3.8, 4) is 11.3 Å². The minimum Gasteiger partial charge on any atom is -0.298 e. The summed E-state index contributed by atoms with van der Waals surface area (Å²) in [4.78, 5) is 16.4. The lowest BCUT2D eigenvalue weighted by Gasteiger charge is -2.03. The summed E-state index contributed by atoms with van der Waals surface area (Å²) in [5.41, 5.74) is 1.25. The zero-order chi connectivity index (χ0) is 17.3. The number of rotatable bonds is 3. The van der Waals surface area contributed by atoms with Crippen LogP contribution in [0.3, 0.4) is 0 Å². The summed E-state index contributed by atoms with van der Waals surface area (Å²) in [6.07, 6.45) is 0. The lowest BCUT2D eigenvalue weighted by atomic mass is 10.2. The Hall–Kier alpha value is -1.83. The van der Waals surface area contributed by atoms with Crippen molar-refractivity contribution in [3.05, 3.63) is 68.5 Å². The van der Waals surface area contributed by atoms with Gasteiger partial charge in [-0.2, -0.15) is 0 Å². The number of benzene rings is 2. The predicted molar refractivity (Wildman–Crippen MR) is 94.6 cm³/mol. The van der Waals surface area contributed by atoms with Gasteiger partial charge in [0.05, 0.1) is 5.69 Å². The number of carbonyl (C=O) groups is 1. The second-order valence-corrected chi connectivity index (χ2v) is 6.99. The number of halogens is 4. The molecule has 8 heteroatoms. The van der Waals surface area contributed by atoms with E-state index >= 15 is 0 Å². The Balaban J connectivity index is 1.80. The molecule has 3 rings (SSSR count). The number of hydrogen-bond acceptors (Lipinski definition) is 3. The van der Waals surface area contributed by atoms with Gasteiger partial charge >= 0.3 is 0 Å². The highest BCUT2D eigenvalue weighted by Crippen LogP contribution is 2.27. The predicted octanol–water partition coefficient (Wildman–Crippen LogP) is 5.76. The first-order valence-corrected chi connectivity index (χ1v) is 8.66. The van der Waals surface area contributed by atoms with Gasteiger partial charge in [0, 0.05) is 26.0 Å². The van der Waals surface area contributed by atoms with Crippen LogP contribution < -0.4 is 5.32 Å². The van der Waals surface area contributed by atoms with Crippen LogP contribution in [-0.4, -0.2) is 10.9 Å². The SMILES string of the molecule is O=C(Nc1nc(-c2ccc(F)c(F)c2)cs1)c1cc(Cl)cc(Br)c1. The highest BCUT2D eigenvalue weighted by Gasteiger charge is 2.12. The van der Waals surface area contributed by atoms with E-state index < -0.39 is 11.6 Å². The Morgan fingerprint density at radius 1 is 1.17 bits per heavy atom. The van der Waals surface area contributed by atoms with E-state index in [0.29, 0.717) is 31.4 Å². The van der Waals surface area contributed by atoms with Crippen molar-refractivity contribution in [2.24, 2.45) is 0 Å². The Morgan fingerprint density at radius 2 is 1.96 bits per heavy atom. The Bertz CT molecular complexity index is 912. The standard InChI is InChI=1S/C16H8BrClF2N2OS/c17-10-3-9(4-11(18)6-10)15(23)22-16-21-14(7-24-16)8-1-2-12(19)13(20)5-8/h1-7H,(H,21,22,23). The molecular weight excluding hydrogens is 422 g/mol. The number of amides is 1. The fourth-order valence-corrected chi connectivity index (χ4v) is 3.55. The van der Waals surface area contributed by atoms with Gasteiger partial charge in [-0.3, -0.25) is 10.1 Å². The number of carbonyl (C=O) groups excluding carboxylic acids is 1.